The summed E-state index contributed by atoms with van der Waals surface area (Å²) >= 11 is 6.19. The first-order valence-corrected chi connectivity index (χ1v) is 8.29. The predicted molar refractivity (Wildman–Crippen MR) is 93.8 cm³/mol. The van der Waals surface area contributed by atoms with Crippen LogP contribution in [0.3, 0.4) is 0 Å². The number of carbonyl (C=O) groups excluding carboxylic acids is 2. The van der Waals surface area contributed by atoms with Crippen LogP contribution in [0.15, 0.2) is 18.2 Å². The van der Waals surface area contributed by atoms with Crippen LogP contribution in [0.1, 0.15) is 44.0 Å². The van der Waals surface area contributed by atoms with Crippen molar-refractivity contribution in [3.63, 3.8) is 0 Å². The van der Waals surface area contributed by atoms with Gasteiger partial charge in [0.1, 0.15) is 6.10 Å². The van der Waals surface area contributed by atoms with Crippen LogP contribution in [-0.4, -0.2) is 35.6 Å². The lowest BCUT2D eigenvalue weighted by atomic mass is 9.79. The molecule has 6 nitrogen and oxygen atoms in total. The molecule has 0 aliphatic carbocycles. The van der Waals surface area contributed by atoms with Crippen molar-refractivity contribution in [2.75, 3.05) is 12.3 Å². The molecule has 1 aliphatic heterocycles. The third kappa shape index (κ3) is 4.12. The van der Waals surface area contributed by atoms with Crippen molar-refractivity contribution < 1.29 is 14.3 Å². The van der Waals surface area contributed by atoms with Gasteiger partial charge >= 0.3 is 6.09 Å². The molecule has 0 radical (unpaired) electrons. The van der Waals surface area contributed by atoms with E-state index in [1.54, 1.807) is 23.1 Å². The second-order valence-electron chi connectivity index (χ2n) is 7.20. The average molecular weight is 354 g/mol. The van der Waals surface area contributed by atoms with Gasteiger partial charge in [-0.25, -0.2) is 4.79 Å². The van der Waals surface area contributed by atoms with Gasteiger partial charge in [-0.15, -0.1) is 0 Å². The minimum absolute atomic E-state index is 0.100. The normalized spacial score (nSPS) is 21.4. The summed E-state index contributed by atoms with van der Waals surface area (Å²) < 4.78 is 5.15. The fraction of sp³-hybridized carbons (Fsp3) is 0.529. The Kier molecular flexibility index (Phi) is 5.28. The van der Waals surface area contributed by atoms with E-state index in [2.05, 4.69) is 20.8 Å². The van der Waals surface area contributed by atoms with Crippen molar-refractivity contribution in [3.05, 3.63) is 28.8 Å². The standard InChI is InChI=1S/C17H24ClN3O3/c1-17(2,3)14-9-11(24-16(20)23)6-7-21(14)15(22)12-5-4-10(19)8-13(12)18/h4-5,8,11,14H,6-7,9,19H2,1-3H3,(H2,20,23). The number of amides is 2. The summed E-state index contributed by atoms with van der Waals surface area (Å²) in [4.78, 5) is 25.8. The summed E-state index contributed by atoms with van der Waals surface area (Å²) in [7, 11) is 0. The van der Waals surface area contributed by atoms with Crippen molar-refractivity contribution in [1.29, 1.82) is 0 Å². The van der Waals surface area contributed by atoms with E-state index in [9.17, 15) is 9.59 Å². The number of hydrogen-bond acceptors (Lipinski definition) is 4. The summed E-state index contributed by atoms with van der Waals surface area (Å²) in [5, 5.41) is 0.336. The highest BCUT2D eigenvalue weighted by molar-refractivity contribution is 6.34. The van der Waals surface area contributed by atoms with Gasteiger partial charge in [0.05, 0.1) is 10.6 Å². The number of piperidine rings is 1. The lowest BCUT2D eigenvalue weighted by molar-refractivity contribution is -0.00434. The van der Waals surface area contributed by atoms with E-state index in [4.69, 9.17) is 27.8 Å². The van der Waals surface area contributed by atoms with Crippen LogP contribution >= 0.6 is 11.6 Å². The van der Waals surface area contributed by atoms with E-state index in [1.165, 1.54) is 0 Å². The number of likely N-dealkylation sites (tertiary alicyclic amines) is 1. The molecule has 1 aliphatic rings. The molecule has 2 rings (SSSR count). The van der Waals surface area contributed by atoms with Crippen molar-refractivity contribution in [2.24, 2.45) is 11.1 Å². The SMILES string of the molecule is CC(C)(C)C1CC(OC(N)=O)CCN1C(=O)c1ccc(N)cc1Cl. The Morgan fingerprint density at radius 3 is 2.54 bits per heavy atom. The van der Waals surface area contributed by atoms with Crippen LogP contribution in [0.4, 0.5) is 10.5 Å². The van der Waals surface area contributed by atoms with Crippen molar-refractivity contribution >= 4 is 29.3 Å². The van der Waals surface area contributed by atoms with Gasteiger partial charge in [0.25, 0.3) is 5.91 Å². The lowest BCUT2D eigenvalue weighted by Crippen LogP contribution is -2.54. The first-order chi connectivity index (χ1) is 11.1. The third-order valence-electron chi connectivity index (χ3n) is 4.32. The van der Waals surface area contributed by atoms with Crippen molar-refractivity contribution in [3.8, 4) is 0 Å². The quantitative estimate of drug-likeness (QED) is 0.798. The maximum Gasteiger partial charge on any atom is 0.404 e. The van der Waals surface area contributed by atoms with Crippen LogP contribution in [-0.2, 0) is 4.74 Å². The summed E-state index contributed by atoms with van der Waals surface area (Å²) in [6, 6.07) is 4.78. The number of ether oxygens (including phenoxy) is 1. The molecule has 7 heteroatoms. The molecule has 2 atom stereocenters. The lowest BCUT2D eigenvalue weighted by Gasteiger charge is -2.45. The third-order valence-corrected chi connectivity index (χ3v) is 4.63. The first-order valence-electron chi connectivity index (χ1n) is 7.91. The molecule has 132 valence electrons. The number of rotatable bonds is 2. The minimum Gasteiger partial charge on any atom is -0.446 e. The molecule has 1 aromatic carbocycles. The highest BCUT2D eigenvalue weighted by atomic mass is 35.5. The van der Waals surface area contributed by atoms with E-state index in [1.807, 2.05) is 0 Å². The topological polar surface area (TPSA) is 98.6 Å². The Balaban J connectivity index is 2.27. The molecule has 1 aromatic rings. The summed E-state index contributed by atoms with van der Waals surface area (Å²) in [6.07, 6.45) is 0.0326. The van der Waals surface area contributed by atoms with Gasteiger partial charge in [0, 0.05) is 31.1 Å². The maximum atomic E-state index is 13.0. The fourth-order valence-electron chi connectivity index (χ4n) is 3.13. The molecule has 0 aromatic heterocycles. The van der Waals surface area contributed by atoms with Crippen LogP contribution in [0.25, 0.3) is 0 Å². The number of nitrogens with two attached hydrogens (primary N) is 2. The van der Waals surface area contributed by atoms with Gasteiger partial charge in [-0.3, -0.25) is 4.79 Å². The van der Waals surface area contributed by atoms with E-state index < -0.39 is 6.09 Å². The largest absolute Gasteiger partial charge is 0.446 e. The predicted octanol–water partition coefficient (Wildman–Crippen LogP) is 3.04. The fourth-order valence-corrected chi connectivity index (χ4v) is 3.40. The molecular formula is C17H24ClN3O3. The maximum absolute atomic E-state index is 13.0. The van der Waals surface area contributed by atoms with Crippen molar-refractivity contribution in [2.45, 2.75) is 45.8 Å². The molecule has 2 unspecified atom stereocenters. The molecular weight excluding hydrogens is 330 g/mol. The summed E-state index contributed by atoms with van der Waals surface area (Å²) in [5.41, 5.74) is 11.6. The molecule has 1 saturated heterocycles. The molecule has 0 saturated carbocycles. The Hall–Kier alpha value is -1.95. The number of halogens is 1. The Bertz CT molecular complexity index is 642. The van der Waals surface area contributed by atoms with Gasteiger partial charge in [0.2, 0.25) is 0 Å². The zero-order valence-electron chi connectivity index (χ0n) is 14.2. The molecule has 0 spiro atoms. The number of anilines is 1. The summed E-state index contributed by atoms with van der Waals surface area (Å²) in [6.45, 7) is 6.62. The second-order valence-corrected chi connectivity index (χ2v) is 7.61. The number of primary amides is 1. The van der Waals surface area contributed by atoms with E-state index in [-0.39, 0.29) is 23.5 Å². The van der Waals surface area contributed by atoms with Gasteiger partial charge < -0.3 is 21.1 Å². The van der Waals surface area contributed by atoms with E-state index in [0.717, 1.165) is 0 Å². The number of carbonyl (C=O) groups is 2. The van der Waals surface area contributed by atoms with Gasteiger partial charge in [-0.1, -0.05) is 32.4 Å². The van der Waals surface area contributed by atoms with Gasteiger partial charge in [0.15, 0.2) is 0 Å². The number of benzene rings is 1. The number of hydrogen-bond donors (Lipinski definition) is 2. The van der Waals surface area contributed by atoms with Crippen LogP contribution in [0.5, 0.6) is 0 Å². The Morgan fingerprint density at radius 2 is 2.00 bits per heavy atom. The van der Waals surface area contributed by atoms with Gasteiger partial charge in [-0.2, -0.15) is 0 Å². The number of nitrogen functional groups attached to an aromatic ring is 1. The van der Waals surface area contributed by atoms with Crippen LogP contribution in [0.2, 0.25) is 5.02 Å². The Labute approximate surface area is 147 Å². The summed E-state index contributed by atoms with van der Waals surface area (Å²) in [5.74, 6) is -0.141. The molecule has 1 fully saturated rings. The highest BCUT2D eigenvalue weighted by Crippen LogP contribution is 2.35. The van der Waals surface area contributed by atoms with E-state index in [0.29, 0.717) is 35.7 Å². The van der Waals surface area contributed by atoms with Crippen LogP contribution in [0, 0.1) is 5.41 Å². The molecule has 4 N–H and O–H groups in total. The highest BCUT2D eigenvalue weighted by Gasteiger charge is 2.40. The average Bonchev–Trinajstić information content (AvgIpc) is 2.45. The monoisotopic (exact) mass is 353 g/mol. The smallest absolute Gasteiger partial charge is 0.404 e. The number of nitrogens with zero attached hydrogens (tertiary/aromatic N) is 1. The van der Waals surface area contributed by atoms with E-state index >= 15 is 0 Å². The molecule has 2 amide bonds. The molecule has 1 heterocycles. The van der Waals surface area contributed by atoms with Crippen LogP contribution < -0.4 is 11.5 Å². The molecule has 24 heavy (non-hydrogen) atoms. The zero-order valence-corrected chi connectivity index (χ0v) is 15.0. The van der Waals surface area contributed by atoms with Crippen molar-refractivity contribution in [1.82, 2.24) is 4.90 Å². The van der Waals surface area contributed by atoms with Gasteiger partial charge in [-0.05, 0) is 23.6 Å². The Morgan fingerprint density at radius 1 is 1.33 bits per heavy atom. The molecule has 0 bridgehead atoms. The minimum atomic E-state index is -0.783. The first kappa shape index (κ1) is 18.4. The second kappa shape index (κ2) is 6.89. The zero-order chi connectivity index (χ0) is 18.1.